The Hall–Kier alpha value is -2.94. The van der Waals surface area contributed by atoms with Gasteiger partial charge in [-0.3, -0.25) is 4.79 Å². The lowest BCUT2D eigenvalue weighted by Gasteiger charge is -2.17. The van der Waals surface area contributed by atoms with E-state index >= 15 is 0 Å². The molecule has 1 aromatic heterocycles. The number of nitrogens with zero attached hydrogens (tertiary/aromatic N) is 2. The molecule has 2 N–H and O–H groups in total. The zero-order chi connectivity index (χ0) is 25.4. The number of carbonyl (C=O) groups is 1. The van der Waals surface area contributed by atoms with Crippen molar-refractivity contribution in [1.29, 1.82) is 0 Å². The second-order valence-electron chi connectivity index (χ2n) is 8.80. The van der Waals surface area contributed by atoms with Crippen molar-refractivity contribution in [3.05, 3.63) is 48.3 Å². The molecule has 0 saturated heterocycles. The van der Waals surface area contributed by atoms with Gasteiger partial charge in [0.05, 0.1) is 17.0 Å². The number of fused-ring (bicyclic) bond motifs is 1. The van der Waals surface area contributed by atoms with Gasteiger partial charge in [-0.2, -0.15) is 13.2 Å². The first kappa shape index (κ1) is 26.7. The molecule has 1 aliphatic rings. The van der Waals surface area contributed by atoms with E-state index in [9.17, 15) is 22.4 Å². The number of hydrogen-bond donors (Lipinski definition) is 2. The van der Waals surface area contributed by atoms with Gasteiger partial charge in [0.1, 0.15) is 6.67 Å². The summed E-state index contributed by atoms with van der Waals surface area (Å²) in [5, 5.41) is 7.12. The molecular formula is C26H32F4N4O. The van der Waals surface area contributed by atoms with Gasteiger partial charge in [0.25, 0.3) is 0 Å². The minimum atomic E-state index is -4.61. The SMILES string of the molecule is C=C(c1nc(/C=C/CCNC(=O)C2CC2)cc2c(NCCCN(C)CCF)cccc12)C(F)(F)F. The molecule has 5 nitrogen and oxygen atoms in total. The Labute approximate surface area is 203 Å². The van der Waals surface area contributed by atoms with E-state index in [1.54, 1.807) is 30.4 Å². The van der Waals surface area contributed by atoms with Crippen molar-refractivity contribution < 1.29 is 22.4 Å². The fourth-order valence-electron chi connectivity index (χ4n) is 3.70. The first-order valence-electron chi connectivity index (χ1n) is 11.8. The fraction of sp³-hybridized carbons (Fsp3) is 0.462. The summed E-state index contributed by atoms with van der Waals surface area (Å²) in [7, 11) is 1.84. The number of aromatic nitrogens is 1. The largest absolute Gasteiger partial charge is 0.417 e. The Morgan fingerprint density at radius 2 is 2.00 bits per heavy atom. The second kappa shape index (κ2) is 12.2. The predicted octanol–water partition coefficient (Wildman–Crippen LogP) is 5.44. The van der Waals surface area contributed by atoms with Crippen LogP contribution < -0.4 is 10.6 Å². The van der Waals surface area contributed by atoms with Crippen LogP contribution in [-0.4, -0.2) is 61.9 Å². The van der Waals surface area contributed by atoms with Gasteiger partial charge in [-0.25, -0.2) is 9.37 Å². The first-order chi connectivity index (χ1) is 16.7. The topological polar surface area (TPSA) is 57.3 Å². The molecule has 1 amide bonds. The molecule has 2 aromatic rings. The molecule has 9 heteroatoms. The molecule has 0 bridgehead atoms. The van der Waals surface area contributed by atoms with Crippen molar-refractivity contribution in [1.82, 2.24) is 15.2 Å². The Bertz CT molecular complexity index is 1060. The van der Waals surface area contributed by atoms with Gasteiger partial charge >= 0.3 is 6.18 Å². The highest BCUT2D eigenvalue weighted by Crippen LogP contribution is 2.37. The zero-order valence-electron chi connectivity index (χ0n) is 19.9. The molecule has 0 aliphatic heterocycles. The number of rotatable bonds is 13. The Balaban J connectivity index is 1.79. The van der Waals surface area contributed by atoms with E-state index in [0.717, 1.165) is 19.3 Å². The van der Waals surface area contributed by atoms with E-state index in [-0.39, 0.29) is 17.5 Å². The average molecular weight is 493 g/mol. The standard InChI is InChI=1S/C26H32F4N4O/c1-18(26(28,29)30)24-21-8-5-9-23(31-14-6-15-34(2)16-12-27)22(21)17-20(33-24)7-3-4-13-32-25(35)19-10-11-19/h3,5,7-9,17,19,31H,1,4,6,10-16H2,2H3,(H,32,35)/b7-3+. The number of amides is 1. The van der Waals surface area contributed by atoms with E-state index < -0.39 is 18.4 Å². The summed E-state index contributed by atoms with van der Waals surface area (Å²) in [6.07, 6.45) is 1.99. The smallest absolute Gasteiger partial charge is 0.384 e. The molecule has 1 aromatic carbocycles. The number of halogens is 4. The van der Waals surface area contributed by atoms with E-state index in [1.807, 2.05) is 18.0 Å². The number of nitrogens with one attached hydrogen (secondary N) is 2. The van der Waals surface area contributed by atoms with Crippen LogP contribution in [0.2, 0.25) is 0 Å². The lowest BCUT2D eigenvalue weighted by atomic mass is 10.0. The predicted molar refractivity (Wildman–Crippen MR) is 133 cm³/mol. The first-order valence-corrected chi connectivity index (χ1v) is 11.8. The van der Waals surface area contributed by atoms with E-state index in [2.05, 4.69) is 22.2 Å². The number of pyridine rings is 1. The number of anilines is 1. The summed E-state index contributed by atoms with van der Waals surface area (Å²) in [5.74, 6) is 0.185. The summed E-state index contributed by atoms with van der Waals surface area (Å²) in [5.41, 5.74) is -0.133. The highest BCUT2D eigenvalue weighted by atomic mass is 19.4. The molecule has 1 heterocycles. The molecule has 1 aliphatic carbocycles. The maximum absolute atomic E-state index is 13.5. The van der Waals surface area contributed by atoms with Gasteiger partial charge < -0.3 is 15.5 Å². The average Bonchev–Trinajstić information content (AvgIpc) is 3.66. The fourth-order valence-corrected chi connectivity index (χ4v) is 3.70. The molecule has 0 atom stereocenters. The van der Waals surface area contributed by atoms with Gasteiger partial charge in [0.15, 0.2) is 0 Å². The second-order valence-corrected chi connectivity index (χ2v) is 8.80. The van der Waals surface area contributed by atoms with Gasteiger partial charge in [-0.1, -0.05) is 24.8 Å². The number of benzene rings is 1. The molecule has 0 unspecified atom stereocenters. The minimum Gasteiger partial charge on any atom is -0.384 e. The molecule has 1 fully saturated rings. The van der Waals surface area contributed by atoms with Crippen LogP contribution in [0.3, 0.4) is 0 Å². The summed E-state index contributed by atoms with van der Waals surface area (Å²) >= 11 is 0. The number of carbonyl (C=O) groups excluding carboxylic acids is 1. The van der Waals surface area contributed by atoms with E-state index in [0.29, 0.717) is 54.8 Å². The molecule has 1 saturated carbocycles. The Morgan fingerprint density at radius 3 is 2.69 bits per heavy atom. The van der Waals surface area contributed by atoms with Crippen LogP contribution in [-0.2, 0) is 4.79 Å². The lowest BCUT2D eigenvalue weighted by Crippen LogP contribution is -2.25. The minimum absolute atomic E-state index is 0.0533. The highest BCUT2D eigenvalue weighted by molar-refractivity contribution is 6.00. The van der Waals surface area contributed by atoms with Crippen molar-refractivity contribution in [2.45, 2.75) is 31.9 Å². The van der Waals surface area contributed by atoms with E-state index in [4.69, 9.17) is 0 Å². The monoisotopic (exact) mass is 492 g/mol. The highest BCUT2D eigenvalue weighted by Gasteiger charge is 2.35. The Kier molecular flexibility index (Phi) is 9.26. The molecule has 3 rings (SSSR count). The summed E-state index contributed by atoms with van der Waals surface area (Å²) in [6, 6.07) is 6.86. The quantitative estimate of drug-likeness (QED) is 0.289. The third kappa shape index (κ3) is 7.78. The Morgan fingerprint density at radius 1 is 1.23 bits per heavy atom. The maximum atomic E-state index is 13.5. The van der Waals surface area contributed by atoms with Crippen molar-refractivity contribution in [3.63, 3.8) is 0 Å². The third-order valence-electron chi connectivity index (χ3n) is 5.87. The van der Waals surface area contributed by atoms with Crippen molar-refractivity contribution >= 4 is 34.0 Å². The van der Waals surface area contributed by atoms with Crippen LogP contribution in [0.5, 0.6) is 0 Å². The molecular weight excluding hydrogens is 460 g/mol. The van der Waals surface area contributed by atoms with Crippen molar-refractivity contribution in [2.75, 3.05) is 45.2 Å². The van der Waals surface area contributed by atoms with Gasteiger partial charge in [-0.15, -0.1) is 0 Å². The number of hydrogen-bond acceptors (Lipinski definition) is 4. The molecule has 35 heavy (non-hydrogen) atoms. The zero-order valence-corrected chi connectivity index (χ0v) is 19.9. The molecule has 0 spiro atoms. The van der Waals surface area contributed by atoms with Gasteiger partial charge in [0, 0.05) is 42.0 Å². The van der Waals surface area contributed by atoms with Crippen LogP contribution in [0, 0.1) is 5.92 Å². The normalized spacial score (nSPS) is 14.1. The molecule has 0 radical (unpaired) electrons. The van der Waals surface area contributed by atoms with E-state index in [1.165, 1.54) is 0 Å². The van der Waals surface area contributed by atoms with Crippen molar-refractivity contribution in [3.8, 4) is 0 Å². The maximum Gasteiger partial charge on any atom is 0.417 e. The van der Waals surface area contributed by atoms with Crippen molar-refractivity contribution in [2.24, 2.45) is 5.92 Å². The van der Waals surface area contributed by atoms with Crippen LogP contribution in [0.15, 0.2) is 36.9 Å². The molecule has 190 valence electrons. The number of allylic oxidation sites excluding steroid dienone is 1. The van der Waals surface area contributed by atoms with Gasteiger partial charge in [-0.05, 0) is 57.5 Å². The third-order valence-corrected chi connectivity index (χ3v) is 5.87. The lowest BCUT2D eigenvalue weighted by molar-refractivity contribution is -0.122. The van der Waals surface area contributed by atoms with Gasteiger partial charge in [0.2, 0.25) is 5.91 Å². The summed E-state index contributed by atoms with van der Waals surface area (Å²) in [4.78, 5) is 17.9. The van der Waals surface area contributed by atoms with Crippen LogP contribution in [0.4, 0.5) is 23.2 Å². The summed E-state index contributed by atoms with van der Waals surface area (Å²) < 4.78 is 53.1. The van der Waals surface area contributed by atoms with Crippen LogP contribution in [0.1, 0.15) is 37.1 Å². The summed E-state index contributed by atoms with van der Waals surface area (Å²) in [6.45, 7) is 4.97. The van der Waals surface area contributed by atoms with Crippen LogP contribution >= 0.6 is 0 Å². The van der Waals surface area contributed by atoms with Crippen LogP contribution in [0.25, 0.3) is 22.4 Å². The number of alkyl halides is 4.